The fraction of sp³-hybridized carbons (Fsp3) is 0.800. The molecule has 1 fully saturated rings. The summed E-state index contributed by atoms with van der Waals surface area (Å²) >= 11 is 0. The van der Waals surface area contributed by atoms with Crippen molar-refractivity contribution < 1.29 is 0 Å². The summed E-state index contributed by atoms with van der Waals surface area (Å²) in [7, 11) is 0. The van der Waals surface area contributed by atoms with E-state index in [-0.39, 0.29) is 0 Å². The van der Waals surface area contributed by atoms with Gasteiger partial charge < -0.3 is 4.90 Å². The molecule has 0 unspecified atom stereocenters. The highest BCUT2D eigenvalue weighted by molar-refractivity contribution is 4.86. The van der Waals surface area contributed by atoms with Gasteiger partial charge in [-0.2, -0.15) is 0 Å². The molecule has 62 valence electrons. The molecule has 1 rings (SSSR count). The standard InChI is InChI=1S/C10H17N/c1-3-5-6-9-11(4-2)10-7-8-10/h1,10H,4-9H2,2H3. The van der Waals surface area contributed by atoms with E-state index in [0.29, 0.717) is 0 Å². The topological polar surface area (TPSA) is 3.24 Å². The van der Waals surface area contributed by atoms with Gasteiger partial charge in [-0.25, -0.2) is 0 Å². The Morgan fingerprint density at radius 1 is 1.55 bits per heavy atom. The Bertz CT molecular complexity index is 141. The van der Waals surface area contributed by atoms with Gasteiger partial charge in [-0.1, -0.05) is 6.92 Å². The van der Waals surface area contributed by atoms with Crippen molar-refractivity contribution in [1.82, 2.24) is 4.90 Å². The molecule has 1 aliphatic carbocycles. The van der Waals surface area contributed by atoms with Crippen LogP contribution in [0.5, 0.6) is 0 Å². The minimum absolute atomic E-state index is 0.901. The first kappa shape index (κ1) is 8.62. The number of terminal acetylenes is 1. The Morgan fingerprint density at radius 3 is 2.73 bits per heavy atom. The molecule has 0 spiro atoms. The van der Waals surface area contributed by atoms with E-state index in [9.17, 15) is 0 Å². The first-order valence-corrected chi connectivity index (χ1v) is 4.56. The maximum atomic E-state index is 5.18. The van der Waals surface area contributed by atoms with Gasteiger partial charge in [0.2, 0.25) is 0 Å². The van der Waals surface area contributed by atoms with E-state index in [1.54, 1.807) is 0 Å². The second kappa shape index (κ2) is 4.41. The van der Waals surface area contributed by atoms with Gasteiger partial charge in [0.15, 0.2) is 0 Å². The molecule has 0 amide bonds. The van der Waals surface area contributed by atoms with Gasteiger partial charge in [-0.05, 0) is 32.4 Å². The highest BCUT2D eigenvalue weighted by Gasteiger charge is 2.26. The Kier molecular flexibility index (Phi) is 3.45. The number of hydrogen-bond donors (Lipinski definition) is 0. The van der Waals surface area contributed by atoms with Crippen LogP contribution >= 0.6 is 0 Å². The summed E-state index contributed by atoms with van der Waals surface area (Å²) in [6.07, 6.45) is 10.1. The van der Waals surface area contributed by atoms with Crippen LogP contribution in [0.2, 0.25) is 0 Å². The summed E-state index contributed by atoms with van der Waals surface area (Å²) in [5.41, 5.74) is 0. The molecule has 1 nitrogen and oxygen atoms in total. The van der Waals surface area contributed by atoms with E-state index in [4.69, 9.17) is 6.42 Å². The zero-order chi connectivity index (χ0) is 8.10. The molecule has 0 bridgehead atoms. The highest BCUT2D eigenvalue weighted by atomic mass is 15.2. The molecule has 0 aliphatic heterocycles. The first-order valence-electron chi connectivity index (χ1n) is 4.56. The van der Waals surface area contributed by atoms with Gasteiger partial charge in [0, 0.05) is 12.5 Å². The van der Waals surface area contributed by atoms with Crippen LogP contribution in [0.15, 0.2) is 0 Å². The molecule has 0 aromatic heterocycles. The molecule has 11 heavy (non-hydrogen) atoms. The van der Waals surface area contributed by atoms with Crippen molar-refractivity contribution in [2.75, 3.05) is 13.1 Å². The Morgan fingerprint density at radius 2 is 2.27 bits per heavy atom. The lowest BCUT2D eigenvalue weighted by molar-refractivity contribution is 0.275. The van der Waals surface area contributed by atoms with Crippen molar-refractivity contribution >= 4 is 0 Å². The van der Waals surface area contributed by atoms with Crippen LogP contribution in [-0.2, 0) is 0 Å². The maximum absolute atomic E-state index is 5.18. The van der Waals surface area contributed by atoms with E-state index in [1.165, 1.54) is 32.4 Å². The molecule has 0 N–H and O–H groups in total. The van der Waals surface area contributed by atoms with Crippen LogP contribution < -0.4 is 0 Å². The van der Waals surface area contributed by atoms with Crippen LogP contribution in [0.25, 0.3) is 0 Å². The van der Waals surface area contributed by atoms with Crippen molar-refractivity contribution in [2.45, 2.75) is 38.6 Å². The lowest BCUT2D eigenvalue weighted by Crippen LogP contribution is -2.26. The predicted molar refractivity (Wildman–Crippen MR) is 48.3 cm³/mol. The third kappa shape index (κ3) is 2.95. The summed E-state index contributed by atoms with van der Waals surface area (Å²) in [6, 6.07) is 0.901. The summed E-state index contributed by atoms with van der Waals surface area (Å²) in [6.45, 7) is 4.62. The number of nitrogens with zero attached hydrogens (tertiary/aromatic N) is 1. The average molecular weight is 151 g/mol. The monoisotopic (exact) mass is 151 g/mol. The second-order valence-corrected chi connectivity index (χ2v) is 3.17. The van der Waals surface area contributed by atoms with Crippen molar-refractivity contribution in [3.63, 3.8) is 0 Å². The van der Waals surface area contributed by atoms with Gasteiger partial charge in [0.1, 0.15) is 0 Å². The summed E-state index contributed by atoms with van der Waals surface area (Å²) in [5, 5.41) is 0. The highest BCUT2D eigenvalue weighted by Crippen LogP contribution is 2.26. The second-order valence-electron chi connectivity index (χ2n) is 3.17. The normalized spacial score (nSPS) is 16.8. The molecule has 0 aromatic rings. The number of rotatable bonds is 5. The smallest absolute Gasteiger partial charge is 0.00982 e. The quantitative estimate of drug-likeness (QED) is 0.428. The SMILES string of the molecule is C#CCCCN(CC)C1CC1. The maximum Gasteiger partial charge on any atom is 0.00982 e. The van der Waals surface area contributed by atoms with E-state index < -0.39 is 0 Å². The van der Waals surface area contributed by atoms with Crippen molar-refractivity contribution in [3.05, 3.63) is 0 Å². The van der Waals surface area contributed by atoms with E-state index in [1.807, 2.05) is 0 Å². The Hall–Kier alpha value is -0.480. The van der Waals surface area contributed by atoms with Crippen molar-refractivity contribution in [2.24, 2.45) is 0 Å². The van der Waals surface area contributed by atoms with Crippen molar-refractivity contribution in [1.29, 1.82) is 0 Å². The first-order chi connectivity index (χ1) is 5.38. The molecule has 0 heterocycles. The van der Waals surface area contributed by atoms with Crippen LogP contribution in [0.3, 0.4) is 0 Å². The minimum atomic E-state index is 0.901. The lowest BCUT2D eigenvalue weighted by Gasteiger charge is -2.18. The zero-order valence-electron chi connectivity index (χ0n) is 7.34. The van der Waals surface area contributed by atoms with Gasteiger partial charge in [-0.15, -0.1) is 12.3 Å². The fourth-order valence-electron chi connectivity index (χ4n) is 1.42. The third-order valence-corrected chi connectivity index (χ3v) is 2.24. The van der Waals surface area contributed by atoms with E-state index >= 15 is 0 Å². The van der Waals surface area contributed by atoms with Gasteiger partial charge >= 0.3 is 0 Å². The molecule has 1 saturated carbocycles. The van der Waals surface area contributed by atoms with Gasteiger partial charge in [-0.3, -0.25) is 0 Å². The van der Waals surface area contributed by atoms with Crippen LogP contribution in [-0.4, -0.2) is 24.0 Å². The lowest BCUT2D eigenvalue weighted by atomic mass is 10.3. The van der Waals surface area contributed by atoms with Crippen molar-refractivity contribution in [3.8, 4) is 12.3 Å². The molecule has 0 atom stereocenters. The average Bonchev–Trinajstić information content (AvgIpc) is 2.81. The summed E-state index contributed by atoms with van der Waals surface area (Å²) < 4.78 is 0. The van der Waals surface area contributed by atoms with Crippen LogP contribution in [0.4, 0.5) is 0 Å². The third-order valence-electron chi connectivity index (χ3n) is 2.24. The zero-order valence-corrected chi connectivity index (χ0v) is 7.34. The molecule has 1 aliphatic rings. The summed E-state index contributed by atoms with van der Waals surface area (Å²) in [5.74, 6) is 2.68. The van der Waals surface area contributed by atoms with Gasteiger partial charge in [0.05, 0.1) is 0 Å². The molecule has 0 radical (unpaired) electrons. The number of hydrogen-bond acceptors (Lipinski definition) is 1. The van der Waals surface area contributed by atoms with Crippen LogP contribution in [0.1, 0.15) is 32.6 Å². The summed E-state index contributed by atoms with van der Waals surface area (Å²) in [4.78, 5) is 2.54. The minimum Gasteiger partial charge on any atom is -0.301 e. The van der Waals surface area contributed by atoms with Crippen LogP contribution in [0, 0.1) is 12.3 Å². The largest absolute Gasteiger partial charge is 0.301 e. The predicted octanol–water partition coefficient (Wildman–Crippen LogP) is 1.88. The molecule has 1 heteroatoms. The number of unbranched alkanes of at least 4 members (excludes halogenated alkanes) is 1. The molecule has 0 aromatic carbocycles. The Balaban J connectivity index is 2.06. The van der Waals surface area contributed by atoms with E-state index in [0.717, 1.165) is 12.5 Å². The molecular weight excluding hydrogens is 134 g/mol. The fourth-order valence-corrected chi connectivity index (χ4v) is 1.42. The molecular formula is C10H17N. The Labute approximate surface area is 69.8 Å². The van der Waals surface area contributed by atoms with E-state index in [2.05, 4.69) is 17.7 Å². The van der Waals surface area contributed by atoms with Gasteiger partial charge in [0.25, 0.3) is 0 Å². The molecule has 0 saturated heterocycles.